The van der Waals surface area contributed by atoms with Gasteiger partial charge in [-0.1, -0.05) is 0 Å². The Morgan fingerprint density at radius 1 is 1.35 bits per heavy atom. The van der Waals surface area contributed by atoms with E-state index in [4.69, 9.17) is 9.84 Å². The SMILES string of the molecule is CN[C@@H]1O[C@H](CO)[C@@H](O)[C@H](O)[C@H]1NC(C)=O.Cl. The zero-order chi connectivity index (χ0) is 12.3. The van der Waals surface area contributed by atoms with Gasteiger partial charge in [-0.2, -0.15) is 0 Å². The molecule has 1 saturated heterocycles. The summed E-state index contributed by atoms with van der Waals surface area (Å²) >= 11 is 0. The Morgan fingerprint density at radius 2 is 1.94 bits per heavy atom. The molecule has 1 heterocycles. The van der Waals surface area contributed by atoms with Crippen LogP contribution in [0.15, 0.2) is 0 Å². The lowest BCUT2D eigenvalue weighted by molar-refractivity contribution is -0.201. The number of carbonyl (C=O) groups is 1. The zero-order valence-corrected chi connectivity index (χ0v) is 10.5. The Labute approximate surface area is 106 Å². The molecule has 0 aliphatic carbocycles. The van der Waals surface area contributed by atoms with Crippen molar-refractivity contribution < 1.29 is 24.9 Å². The van der Waals surface area contributed by atoms with Gasteiger partial charge in [-0.25, -0.2) is 0 Å². The number of halogens is 1. The molecular weight excluding hydrogens is 252 g/mol. The van der Waals surface area contributed by atoms with Crippen LogP contribution < -0.4 is 10.6 Å². The molecule has 0 aromatic rings. The van der Waals surface area contributed by atoms with Gasteiger partial charge in [0, 0.05) is 6.92 Å². The van der Waals surface area contributed by atoms with E-state index >= 15 is 0 Å². The van der Waals surface area contributed by atoms with Gasteiger partial charge >= 0.3 is 0 Å². The van der Waals surface area contributed by atoms with Crippen molar-refractivity contribution in [2.75, 3.05) is 13.7 Å². The maximum Gasteiger partial charge on any atom is 0.217 e. The number of likely N-dealkylation sites (N-methyl/N-ethyl adjacent to an activating group) is 1. The fourth-order valence-electron chi connectivity index (χ4n) is 1.76. The molecular formula is C9H19ClN2O5. The molecule has 0 spiro atoms. The normalized spacial score (nSPS) is 37.1. The molecule has 1 aliphatic heterocycles. The first-order chi connectivity index (χ1) is 7.51. The van der Waals surface area contributed by atoms with Gasteiger partial charge in [0.1, 0.15) is 24.5 Å². The molecule has 0 aromatic carbocycles. The van der Waals surface area contributed by atoms with Gasteiger partial charge in [0.05, 0.1) is 12.6 Å². The third-order valence-electron chi connectivity index (χ3n) is 2.58. The summed E-state index contributed by atoms with van der Waals surface area (Å²) in [6.07, 6.45) is -3.93. The number of nitrogens with one attached hydrogen (secondary N) is 2. The van der Waals surface area contributed by atoms with Crippen molar-refractivity contribution in [3.8, 4) is 0 Å². The molecule has 1 aliphatic rings. The lowest BCUT2D eigenvalue weighted by Crippen LogP contribution is -2.66. The summed E-state index contributed by atoms with van der Waals surface area (Å²) in [5, 5.41) is 33.6. The highest BCUT2D eigenvalue weighted by Gasteiger charge is 2.43. The maximum absolute atomic E-state index is 10.9. The summed E-state index contributed by atoms with van der Waals surface area (Å²) in [6.45, 7) is 0.910. The number of aliphatic hydroxyl groups is 3. The number of hydrogen-bond acceptors (Lipinski definition) is 6. The van der Waals surface area contributed by atoms with E-state index in [1.54, 1.807) is 7.05 Å². The van der Waals surface area contributed by atoms with Crippen LogP contribution in [0.4, 0.5) is 0 Å². The van der Waals surface area contributed by atoms with Crippen molar-refractivity contribution in [3.63, 3.8) is 0 Å². The molecule has 5 atom stereocenters. The molecule has 1 fully saturated rings. The molecule has 0 saturated carbocycles. The Kier molecular flexibility index (Phi) is 6.91. The van der Waals surface area contributed by atoms with E-state index in [1.165, 1.54) is 6.92 Å². The molecule has 0 unspecified atom stereocenters. The Balaban J connectivity index is 0.00000256. The van der Waals surface area contributed by atoms with E-state index in [2.05, 4.69) is 10.6 Å². The molecule has 8 heteroatoms. The average molecular weight is 271 g/mol. The minimum atomic E-state index is -1.23. The first kappa shape index (κ1) is 16.6. The van der Waals surface area contributed by atoms with Gasteiger partial charge in [0.2, 0.25) is 5.91 Å². The number of carbonyl (C=O) groups excluding carboxylic acids is 1. The fourth-order valence-corrected chi connectivity index (χ4v) is 1.76. The smallest absolute Gasteiger partial charge is 0.217 e. The molecule has 0 aromatic heterocycles. The van der Waals surface area contributed by atoms with Gasteiger partial charge < -0.3 is 25.4 Å². The number of rotatable bonds is 3. The first-order valence-electron chi connectivity index (χ1n) is 5.08. The van der Waals surface area contributed by atoms with Crippen LogP contribution in [-0.4, -0.2) is 65.5 Å². The summed E-state index contributed by atoms with van der Waals surface area (Å²) in [5.74, 6) is -0.331. The largest absolute Gasteiger partial charge is 0.394 e. The van der Waals surface area contributed by atoms with Crippen molar-refractivity contribution in [1.29, 1.82) is 0 Å². The van der Waals surface area contributed by atoms with Crippen molar-refractivity contribution in [2.24, 2.45) is 0 Å². The zero-order valence-electron chi connectivity index (χ0n) is 9.66. The summed E-state index contributed by atoms with van der Waals surface area (Å²) in [6, 6.07) is -0.750. The molecule has 7 nitrogen and oxygen atoms in total. The molecule has 1 rings (SSSR count). The Bertz CT molecular complexity index is 254. The van der Waals surface area contributed by atoms with E-state index < -0.39 is 37.2 Å². The second-order valence-corrected chi connectivity index (χ2v) is 3.77. The van der Waals surface area contributed by atoms with Crippen LogP contribution in [0.25, 0.3) is 0 Å². The van der Waals surface area contributed by atoms with Gasteiger partial charge in [-0.05, 0) is 7.05 Å². The summed E-state index contributed by atoms with van der Waals surface area (Å²) < 4.78 is 5.30. The van der Waals surface area contributed by atoms with Gasteiger partial charge in [-0.15, -0.1) is 12.4 Å². The average Bonchev–Trinajstić information content (AvgIpc) is 2.25. The predicted octanol–water partition coefficient (Wildman–Crippen LogP) is -2.43. The van der Waals surface area contributed by atoms with Crippen molar-refractivity contribution >= 4 is 18.3 Å². The van der Waals surface area contributed by atoms with Crippen LogP contribution in [0.3, 0.4) is 0 Å². The number of hydrogen-bond donors (Lipinski definition) is 5. The highest BCUT2D eigenvalue weighted by molar-refractivity contribution is 5.85. The summed E-state index contributed by atoms with van der Waals surface area (Å²) in [5.41, 5.74) is 0. The van der Waals surface area contributed by atoms with Crippen LogP contribution in [-0.2, 0) is 9.53 Å². The van der Waals surface area contributed by atoms with Crippen molar-refractivity contribution in [2.45, 2.75) is 37.5 Å². The molecule has 1 amide bonds. The Morgan fingerprint density at radius 3 is 2.35 bits per heavy atom. The molecule has 0 radical (unpaired) electrons. The van der Waals surface area contributed by atoms with E-state index in [0.29, 0.717) is 0 Å². The van der Waals surface area contributed by atoms with Crippen molar-refractivity contribution in [1.82, 2.24) is 10.6 Å². The minimum absolute atomic E-state index is 0. The molecule has 17 heavy (non-hydrogen) atoms. The standard InChI is InChI=1S/C9H18N2O5.ClH/c1-4(13)11-6-8(15)7(14)5(3-12)16-9(6)10-2;/h5-10,12,14-15H,3H2,1-2H3,(H,11,13);1H/t5-,6-,7-,8-,9-;/m1./s1. The second kappa shape index (κ2) is 7.10. The van der Waals surface area contributed by atoms with Crippen molar-refractivity contribution in [3.05, 3.63) is 0 Å². The third kappa shape index (κ3) is 3.77. The van der Waals surface area contributed by atoms with Gasteiger partial charge in [0.15, 0.2) is 0 Å². The highest BCUT2D eigenvalue weighted by Crippen LogP contribution is 2.19. The first-order valence-corrected chi connectivity index (χ1v) is 5.08. The number of aliphatic hydroxyl groups excluding tert-OH is 3. The summed E-state index contributed by atoms with van der Waals surface area (Å²) in [4.78, 5) is 10.9. The van der Waals surface area contributed by atoms with E-state index in [-0.39, 0.29) is 18.3 Å². The van der Waals surface area contributed by atoms with Crippen LogP contribution in [0.5, 0.6) is 0 Å². The van der Waals surface area contributed by atoms with Crippen LogP contribution >= 0.6 is 12.4 Å². The van der Waals surface area contributed by atoms with E-state index in [1.807, 2.05) is 0 Å². The lowest BCUT2D eigenvalue weighted by atomic mass is 9.96. The quantitative estimate of drug-likeness (QED) is 0.390. The fraction of sp³-hybridized carbons (Fsp3) is 0.889. The van der Waals surface area contributed by atoms with Gasteiger partial charge in [0.25, 0.3) is 0 Å². The molecule has 0 bridgehead atoms. The molecule has 5 N–H and O–H groups in total. The third-order valence-corrected chi connectivity index (χ3v) is 2.58. The van der Waals surface area contributed by atoms with Crippen LogP contribution in [0.1, 0.15) is 6.92 Å². The summed E-state index contributed by atoms with van der Waals surface area (Å²) in [7, 11) is 1.60. The van der Waals surface area contributed by atoms with Crippen LogP contribution in [0, 0.1) is 0 Å². The number of ether oxygens (including phenoxy) is 1. The van der Waals surface area contributed by atoms with Crippen LogP contribution in [0.2, 0.25) is 0 Å². The minimum Gasteiger partial charge on any atom is -0.394 e. The second-order valence-electron chi connectivity index (χ2n) is 3.77. The number of amides is 1. The predicted molar refractivity (Wildman–Crippen MR) is 61.7 cm³/mol. The molecule has 102 valence electrons. The van der Waals surface area contributed by atoms with E-state index in [0.717, 1.165) is 0 Å². The monoisotopic (exact) mass is 270 g/mol. The van der Waals surface area contributed by atoms with E-state index in [9.17, 15) is 15.0 Å². The van der Waals surface area contributed by atoms with Gasteiger partial charge in [-0.3, -0.25) is 10.1 Å². The highest BCUT2D eigenvalue weighted by atomic mass is 35.5. The topological polar surface area (TPSA) is 111 Å². The lowest BCUT2D eigenvalue weighted by Gasteiger charge is -2.42. The Hall–Kier alpha value is -0.440. The maximum atomic E-state index is 10.9.